The fourth-order valence-corrected chi connectivity index (χ4v) is 2.26. The highest BCUT2D eigenvalue weighted by Gasteiger charge is 2.25. The number of carbonyl (C=O) groups is 1. The van der Waals surface area contributed by atoms with E-state index in [1.54, 1.807) is 6.07 Å². The molecule has 0 saturated heterocycles. The summed E-state index contributed by atoms with van der Waals surface area (Å²) in [5, 5.41) is 18.5. The number of fused-ring (bicyclic) bond motifs is 1. The molecule has 0 spiro atoms. The summed E-state index contributed by atoms with van der Waals surface area (Å²) in [5.74, 6) is 0.0657. The average Bonchev–Trinajstić information content (AvgIpc) is 2.51. The van der Waals surface area contributed by atoms with Crippen LogP contribution in [-0.4, -0.2) is 10.9 Å². The van der Waals surface area contributed by atoms with E-state index in [2.05, 4.69) is 0 Å². The van der Waals surface area contributed by atoms with Gasteiger partial charge in [0.15, 0.2) is 5.78 Å². The Kier molecular flexibility index (Phi) is 2.19. The molecule has 0 aliphatic heterocycles. The number of phenolic OH excluding ortho intramolecular Hbond substituents is 1. The lowest BCUT2D eigenvalue weighted by molar-refractivity contribution is 0.0994. The molecule has 0 aromatic heterocycles. The number of nitriles is 1. The third-order valence-electron chi connectivity index (χ3n) is 2.38. The maximum absolute atomic E-state index is 11.4. The summed E-state index contributed by atoms with van der Waals surface area (Å²) in [5.41, 5.74) is 1.57. The Morgan fingerprint density at radius 3 is 2.86 bits per heavy atom. The van der Waals surface area contributed by atoms with Crippen molar-refractivity contribution in [2.75, 3.05) is 0 Å². The minimum absolute atomic E-state index is 0.00144. The minimum atomic E-state index is 0.00144. The fraction of sp³-hybridized carbons (Fsp3) is 0.200. The van der Waals surface area contributed by atoms with E-state index in [-0.39, 0.29) is 17.1 Å². The first-order valence-corrected chi connectivity index (χ1v) is 5.20. The van der Waals surface area contributed by atoms with Crippen LogP contribution < -0.4 is 0 Å². The van der Waals surface area contributed by atoms with E-state index in [0.717, 1.165) is 0 Å². The van der Waals surface area contributed by atoms with Crippen molar-refractivity contribution in [2.45, 2.75) is 12.8 Å². The van der Waals surface area contributed by atoms with Gasteiger partial charge in [-0.2, -0.15) is 5.26 Å². The summed E-state index contributed by atoms with van der Waals surface area (Å²) in [4.78, 5) is 11.4. The number of Topliss-reactive ketones (excluding diaryl/α,β-unsaturated/α-hetero) is 1. The predicted octanol–water partition coefficient (Wildman–Crippen LogP) is 2.00. The number of nitrogens with zero attached hydrogens (tertiary/aromatic N) is 1. The lowest BCUT2D eigenvalue weighted by Crippen LogP contribution is -1.95. The van der Waals surface area contributed by atoms with Crippen LogP contribution in [0.3, 0.4) is 0 Å². The second kappa shape index (κ2) is 3.24. The molecular weight excluding hydrogens is 293 g/mol. The van der Waals surface area contributed by atoms with Crippen LogP contribution >= 0.6 is 22.6 Å². The van der Waals surface area contributed by atoms with E-state index in [4.69, 9.17) is 5.26 Å². The van der Waals surface area contributed by atoms with Crippen molar-refractivity contribution in [3.8, 4) is 11.8 Å². The number of aromatic hydroxyl groups is 1. The van der Waals surface area contributed by atoms with Gasteiger partial charge in [-0.3, -0.25) is 4.79 Å². The van der Waals surface area contributed by atoms with Crippen molar-refractivity contribution < 1.29 is 9.90 Å². The molecule has 1 aliphatic carbocycles. The van der Waals surface area contributed by atoms with Gasteiger partial charge in [-0.1, -0.05) is 0 Å². The number of hydrogen-bond donors (Lipinski definition) is 1. The van der Waals surface area contributed by atoms with Gasteiger partial charge in [-0.05, 0) is 40.6 Å². The van der Waals surface area contributed by atoms with Crippen molar-refractivity contribution in [1.82, 2.24) is 0 Å². The zero-order valence-electron chi connectivity index (χ0n) is 7.17. The standard InChI is InChI=1S/C10H6INO2/c11-8-3-6-5(1-2-9(6)13)7(4-12)10(8)14/h3,14H,1-2H2. The van der Waals surface area contributed by atoms with Gasteiger partial charge >= 0.3 is 0 Å². The highest BCUT2D eigenvalue weighted by molar-refractivity contribution is 14.1. The first kappa shape index (κ1) is 9.46. The Labute approximate surface area is 94.5 Å². The maximum Gasteiger partial charge on any atom is 0.163 e. The SMILES string of the molecule is N#Cc1c(O)c(I)cc2c1CCC2=O. The van der Waals surface area contributed by atoms with E-state index in [1.807, 2.05) is 28.7 Å². The summed E-state index contributed by atoms with van der Waals surface area (Å²) < 4.78 is 0.563. The van der Waals surface area contributed by atoms with E-state index >= 15 is 0 Å². The lowest BCUT2D eigenvalue weighted by atomic mass is 10.0. The van der Waals surface area contributed by atoms with Gasteiger partial charge < -0.3 is 5.11 Å². The van der Waals surface area contributed by atoms with Crippen molar-refractivity contribution in [1.29, 1.82) is 5.26 Å². The Hall–Kier alpha value is -1.09. The molecule has 0 radical (unpaired) electrons. The number of phenols is 1. The Bertz CT molecular complexity index is 474. The molecule has 4 heteroatoms. The molecule has 70 valence electrons. The molecule has 1 N–H and O–H groups in total. The van der Waals surface area contributed by atoms with Crippen LogP contribution in [0.25, 0.3) is 0 Å². The van der Waals surface area contributed by atoms with Crippen molar-refractivity contribution in [3.63, 3.8) is 0 Å². The average molecular weight is 299 g/mol. The summed E-state index contributed by atoms with van der Waals surface area (Å²) in [7, 11) is 0. The van der Waals surface area contributed by atoms with E-state index < -0.39 is 0 Å². The van der Waals surface area contributed by atoms with Crippen LogP contribution in [0, 0.1) is 14.9 Å². The largest absolute Gasteiger partial charge is 0.505 e. The number of carbonyl (C=O) groups excluding carboxylic acids is 1. The monoisotopic (exact) mass is 299 g/mol. The molecular formula is C10H6INO2. The molecule has 0 unspecified atom stereocenters. The Balaban J connectivity index is 2.79. The van der Waals surface area contributed by atoms with Gasteiger partial charge in [0.25, 0.3) is 0 Å². The highest BCUT2D eigenvalue weighted by Crippen LogP contribution is 2.34. The third-order valence-corrected chi connectivity index (χ3v) is 3.20. The Morgan fingerprint density at radius 1 is 1.50 bits per heavy atom. The molecule has 3 nitrogen and oxygen atoms in total. The molecule has 0 saturated carbocycles. The van der Waals surface area contributed by atoms with E-state index in [1.165, 1.54) is 0 Å². The number of rotatable bonds is 0. The maximum atomic E-state index is 11.4. The predicted molar refractivity (Wildman–Crippen MR) is 58.2 cm³/mol. The molecule has 0 bridgehead atoms. The molecule has 0 heterocycles. The first-order valence-electron chi connectivity index (χ1n) is 4.12. The van der Waals surface area contributed by atoms with Crippen molar-refractivity contribution in [3.05, 3.63) is 26.3 Å². The quantitative estimate of drug-likeness (QED) is 0.745. The van der Waals surface area contributed by atoms with Crippen LogP contribution in [0.1, 0.15) is 27.9 Å². The number of hydrogen-bond acceptors (Lipinski definition) is 3. The summed E-state index contributed by atoms with van der Waals surface area (Å²) in [6, 6.07) is 3.60. The van der Waals surface area contributed by atoms with Gasteiger partial charge in [0.2, 0.25) is 0 Å². The Morgan fingerprint density at radius 2 is 2.21 bits per heavy atom. The van der Waals surface area contributed by atoms with Gasteiger partial charge in [0.1, 0.15) is 11.8 Å². The topological polar surface area (TPSA) is 61.1 Å². The van der Waals surface area contributed by atoms with Gasteiger partial charge in [-0.15, -0.1) is 0 Å². The van der Waals surface area contributed by atoms with E-state index in [9.17, 15) is 9.90 Å². The van der Waals surface area contributed by atoms with Crippen molar-refractivity contribution >= 4 is 28.4 Å². The summed E-state index contributed by atoms with van der Waals surface area (Å²) >= 11 is 1.92. The first-order chi connectivity index (χ1) is 6.65. The van der Waals surface area contributed by atoms with Crippen LogP contribution in [-0.2, 0) is 6.42 Å². The van der Waals surface area contributed by atoms with Crippen molar-refractivity contribution in [2.24, 2.45) is 0 Å². The second-order valence-corrected chi connectivity index (χ2v) is 4.31. The molecule has 14 heavy (non-hydrogen) atoms. The molecule has 1 aromatic rings. The van der Waals surface area contributed by atoms with Crippen LogP contribution in [0.15, 0.2) is 6.07 Å². The molecule has 2 rings (SSSR count). The van der Waals surface area contributed by atoms with Crippen LogP contribution in [0.2, 0.25) is 0 Å². The highest BCUT2D eigenvalue weighted by atomic mass is 127. The molecule has 1 aromatic carbocycles. The van der Waals surface area contributed by atoms with Crippen LogP contribution in [0.4, 0.5) is 0 Å². The summed E-state index contributed by atoms with van der Waals surface area (Å²) in [6.45, 7) is 0. The van der Waals surface area contributed by atoms with Gasteiger partial charge in [-0.25, -0.2) is 0 Å². The second-order valence-electron chi connectivity index (χ2n) is 3.14. The number of halogens is 1. The zero-order valence-corrected chi connectivity index (χ0v) is 9.33. The molecule has 0 atom stereocenters. The number of ketones is 1. The molecule has 0 amide bonds. The molecule has 0 fully saturated rings. The number of benzene rings is 1. The lowest BCUT2D eigenvalue weighted by Gasteiger charge is -2.05. The molecule has 1 aliphatic rings. The summed E-state index contributed by atoms with van der Waals surface area (Å²) in [6.07, 6.45) is 1.02. The van der Waals surface area contributed by atoms with Gasteiger partial charge in [0.05, 0.1) is 9.13 Å². The van der Waals surface area contributed by atoms with E-state index in [0.29, 0.717) is 27.5 Å². The fourth-order valence-electron chi connectivity index (χ4n) is 1.68. The van der Waals surface area contributed by atoms with Crippen LogP contribution in [0.5, 0.6) is 5.75 Å². The normalized spacial score (nSPS) is 13.9. The van der Waals surface area contributed by atoms with Gasteiger partial charge in [0, 0.05) is 12.0 Å². The third kappa shape index (κ3) is 1.20. The zero-order chi connectivity index (χ0) is 10.3. The minimum Gasteiger partial charge on any atom is -0.505 e. The smallest absolute Gasteiger partial charge is 0.163 e.